The zero-order valence-corrected chi connectivity index (χ0v) is 11.4. The first kappa shape index (κ1) is 12.5. The quantitative estimate of drug-likeness (QED) is 0.565. The van der Waals surface area contributed by atoms with Crippen LogP contribution < -0.4 is 5.11 Å². The fourth-order valence-corrected chi connectivity index (χ4v) is 2.56. The third kappa shape index (κ3) is 1.91. The number of benzene rings is 2. The lowest BCUT2D eigenvalue weighted by Crippen LogP contribution is -2.22. The van der Waals surface area contributed by atoms with Crippen LogP contribution in [0.2, 0.25) is 0 Å². The first-order chi connectivity index (χ1) is 10.7. The molecule has 0 aliphatic carbocycles. The van der Waals surface area contributed by atoms with Gasteiger partial charge in [-0.05, 0) is 22.9 Å². The molecule has 0 atom stereocenters. The molecule has 4 rings (SSSR count). The van der Waals surface area contributed by atoms with Crippen LogP contribution >= 0.6 is 0 Å². The van der Waals surface area contributed by atoms with Gasteiger partial charge >= 0.3 is 0 Å². The van der Waals surface area contributed by atoms with E-state index in [9.17, 15) is 9.90 Å². The molecule has 0 aliphatic rings. The van der Waals surface area contributed by atoms with Crippen molar-refractivity contribution in [2.75, 3.05) is 0 Å². The smallest absolute Gasteiger partial charge is 0.156 e. The molecule has 0 N–H and O–H groups in total. The van der Waals surface area contributed by atoms with Gasteiger partial charge in [0.25, 0.3) is 0 Å². The van der Waals surface area contributed by atoms with Crippen molar-refractivity contribution >= 4 is 22.4 Å². The van der Waals surface area contributed by atoms with Crippen LogP contribution in [0.4, 0.5) is 0 Å². The van der Waals surface area contributed by atoms with Crippen molar-refractivity contribution in [1.82, 2.24) is 14.6 Å². The number of aromatic carboxylic acids is 1. The molecule has 0 radical (unpaired) electrons. The molecular formula is C17H10N3O2-. The Hall–Kier alpha value is -3.21. The van der Waals surface area contributed by atoms with Gasteiger partial charge in [0.15, 0.2) is 5.65 Å². The van der Waals surface area contributed by atoms with Crippen molar-refractivity contribution < 1.29 is 9.90 Å². The first-order valence-electron chi connectivity index (χ1n) is 6.78. The Morgan fingerprint density at radius 2 is 1.82 bits per heavy atom. The predicted octanol–water partition coefficient (Wildman–Crippen LogP) is 1.91. The zero-order valence-electron chi connectivity index (χ0n) is 11.4. The lowest BCUT2D eigenvalue weighted by atomic mass is 10.1. The summed E-state index contributed by atoms with van der Waals surface area (Å²) >= 11 is 0. The number of nitrogens with zero attached hydrogens (tertiary/aromatic N) is 3. The van der Waals surface area contributed by atoms with Crippen LogP contribution in [0.15, 0.2) is 60.8 Å². The zero-order chi connectivity index (χ0) is 15.1. The van der Waals surface area contributed by atoms with Crippen molar-refractivity contribution in [2.24, 2.45) is 0 Å². The normalized spacial score (nSPS) is 11.1. The van der Waals surface area contributed by atoms with E-state index in [1.165, 1.54) is 10.6 Å². The summed E-state index contributed by atoms with van der Waals surface area (Å²) in [6.07, 6.45) is 1.64. The summed E-state index contributed by atoms with van der Waals surface area (Å²) in [5, 5.41) is 17.3. The van der Waals surface area contributed by atoms with Gasteiger partial charge in [-0.3, -0.25) is 0 Å². The molecule has 2 aromatic carbocycles. The third-order valence-corrected chi connectivity index (χ3v) is 3.61. The van der Waals surface area contributed by atoms with E-state index in [2.05, 4.69) is 10.1 Å². The summed E-state index contributed by atoms with van der Waals surface area (Å²) in [5.74, 6) is -1.31. The summed E-state index contributed by atoms with van der Waals surface area (Å²) < 4.78 is 1.52. The van der Waals surface area contributed by atoms with Crippen molar-refractivity contribution in [3.8, 4) is 11.3 Å². The van der Waals surface area contributed by atoms with Gasteiger partial charge in [0.2, 0.25) is 0 Å². The maximum absolute atomic E-state index is 11.0. The van der Waals surface area contributed by atoms with E-state index < -0.39 is 5.97 Å². The molecule has 22 heavy (non-hydrogen) atoms. The average Bonchev–Trinajstić information content (AvgIpc) is 2.99. The molecule has 0 spiro atoms. The Labute approximate surface area is 125 Å². The summed E-state index contributed by atoms with van der Waals surface area (Å²) in [6.45, 7) is 0. The summed E-state index contributed by atoms with van der Waals surface area (Å²) in [5.41, 5.74) is 2.08. The number of hydrogen-bond donors (Lipinski definition) is 0. The summed E-state index contributed by atoms with van der Waals surface area (Å²) in [4.78, 5) is 15.1. The fraction of sp³-hybridized carbons (Fsp3) is 0. The van der Waals surface area contributed by atoms with E-state index >= 15 is 0 Å². The molecule has 0 unspecified atom stereocenters. The van der Waals surface area contributed by atoms with E-state index in [1.807, 2.05) is 48.5 Å². The SMILES string of the molecule is O=C([O-])c1cc2nccc(-c3ccc4ccccc4c3)n2n1. The minimum atomic E-state index is -1.31. The second-order valence-corrected chi connectivity index (χ2v) is 4.98. The van der Waals surface area contributed by atoms with E-state index in [4.69, 9.17) is 0 Å². The number of carbonyl (C=O) groups excluding carboxylic acids is 1. The van der Waals surface area contributed by atoms with Gasteiger partial charge in [-0.2, -0.15) is 5.10 Å². The molecule has 5 nitrogen and oxygen atoms in total. The Bertz CT molecular complexity index is 1020. The number of aromatic nitrogens is 3. The van der Waals surface area contributed by atoms with Crippen molar-refractivity contribution in [3.05, 3.63) is 66.5 Å². The number of fused-ring (bicyclic) bond motifs is 2. The molecule has 0 aliphatic heterocycles. The topological polar surface area (TPSA) is 70.3 Å². The lowest BCUT2D eigenvalue weighted by Gasteiger charge is -2.06. The van der Waals surface area contributed by atoms with Gasteiger partial charge in [-0.1, -0.05) is 36.4 Å². The Morgan fingerprint density at radius 3 is 2.64 bits per heavy atom. The second kappa shape index (κ2) is 4.66. The van der Waals surface area contributed by atoms with E-state index in [0.29, 0.717) is 5.65 Å². The van der Waals surface area contributed by atoms with Gasteiger partial charge in [0, 0.05) is 17.8 Å². The van der Waals surface area contributed by atoms with Gasteiger partial charge < -0.3 is 9.90 Å². The summed E-state index contributed by atoms with van der Waals surface area (Å²) in [7, 11) is 0. The van der Waals surface area contributed by atoms with E-state index in [-0.39, 0.29) is 5.69 Å². The highest BCUT2D eigenvalue weighted by molar-refractivity contribution is 5.88. The van der Waals surface area contributed by atoms with Gasteiger partial charge in [0.1, 0.15) is 5.69 Å². The van der Waals surface area contributed by atoms with Crippen molar-refractivity contribution in [2.45, 2.75) is 0 Å². The van der Waals surface area contributed by atoms with Crippen molar-refractivity contribution in [1.29, 1.82) is 0 Å². The molecule has 4 aromatic rings. The highest BCUT2D eigenvalue weighted by Crippen LogP contribution is 2.24. The standard InChI is InChI=1S/C17H11N3O2/c21-17(22)14-10-16-18-8-7-15(20(16)19-14)13-6-5-11-3-1-2-4-12(11)9-13/h1-10H,(H,21,22)/p-1. The second-order valence-electron chi connectivity index (χ2n) is 4.98. The summed E-state index contributed by atoms with van der Waals surface area (Å²) in [6, 6.07) is 17.3. The van der Waals surface area contributed by atoms with Gasteiger partial charge in [0.05, 0.1) is 11.7 Å². The van der Waals surface area contributed by atoms with E-state index in [0.717, 1.165) is 22.0 Å². The molecular weight excluding hydrogens is 278 g/mol. The number of carboxylic acids is 1. The molecule has 0 fully saturated rings. The molecule has 0 saturated carbocycles. The van der Waals surface area contributed by atoms with Gasteiger partial charge in [-0.25, -0.2) is 9.50 Å². The van der Waals surface area contributed by atoms with Crippen LogP contribution in [-0.2, 0) is 0 Å². The lowest BCUT2D eigenvalue weighted by molar-refractivity contribution is -0.255. The average molecular weight is 288 g/mol. The Kier molecular flexibility index (Phi) is 2.66. The molecule has 5 heteroatoms. The molecule has 106 valence electrons. The molecule has 2 aromatic heterocycles. The number of carbonyl (C=O) groups is 1. The largest absolute Gasteiger partial charge is 0.543 e. The monoisotopic (exact) mass is 288 g/mol. The Morgan fingerprint density at radius 1 is 1.00 bits per heavy atom. The Balaban J connectivity index is 1.97. The molecule has 0 saturated heterocycles. The van der Waals surface area contributed by atoms with Crippen LogP contribution in [0.5, 0.6) is 0 Å². The minimum absolute atomic E-state index is 0.124. The third-order valence-electron chi connectivity index (χ3n) is 3.61. The molecule has 0 bridgehead atoms. The van der Waals surface area contributed by atoms with Crippen LogP contribution in [0.3, 0.4) is 0 Å². The molecule has 0 amide bonds. The number of hydrogen-bond acceptors (Lipinski definition) is 4. The first-order valence-corrected chi connectivity index (χ1v) is 6.78. The van der Waals surface area contributed by atoms with Gasteiger partial charge in [-0.15, -0.1) is 0 Å². The molecule has 2 heterocycles. The van der Waals surface area contributed by atoms with E-state index in [1.54, 1.807) is 6.20 Å². The highest BCUT2D eigenvalue weighted by atomic mass is 16.4. The predicted molar refractivity (Wildman–Crippen MR) is 80.3 cm³/mol. The van der Waals surface area contributed by atoms with Crippen LogP contribution in [0.25, 0.3) is 27.7 Å². The maximum Gasteiger partial charge on any atom is 0.156 e. The number of rotatable bonds is 2. The number of carboxylic acid groups (broad SMARTS) is 1. The highest BCUT2D eigenvalue weighted by Gasteiger charge is 2.09. The van der Waals surface area contributed by atoms with Crippen molar-refractivity contribution in [3.63, 3.8) is 0 Å². The van der Waals surface area contributed by atoms with Crippen LogP contribution in [0, 0.1) is 0 Å². The maximum atomic E-state index is 11.0. The minimum Gasteiger partial charge on any atom is -0.543 e. The van der Waals surface area contributed by atoms with Crippen LogP contribution in [0.1, 0.15) is 10.5 Å². The van der Waals surface area contributed by atoms with Crippen LogP contribution in [-0.4, -0.2) is 20.6 Å². The fourth-order valence-electron chi connectivity index (χ4n) is 2.56.